The number of hydrogen-bond acceptors (Lipinski definition) is 2. The van der Waals surface area contributed by atoms with E-state index in [1.54, 1.807) is 0 Å². The van der Waals surface area contributed by atoms with Crippen LogP contribution in [0.15, 0.2) is 22.7 Å². The topological polar surface area (TPSA) is 46.9 Å². The highest BCUT2D eigenvalue weighted by Crippen LogP contribution is 2.36. The van der Waals surface area contributed by atoms with E-state index in [2.05, 4.69) is 26.3 Å². The maximum Gasteiger partial charge on any atom is 0.283 e. The van der Waals surface area contributed by atoms with Crippen molar-refractivity contribution < 1.29 is 26.7 Å². The van der Waals surface area contributed by atoms with Crippen LogP contribution < -0.4 is 5.32 Å². The fourth-order valence-corrected chi connectivity index (χ4v) is 2.64. The fraction of sp³-hybridized carbons (Fsp3) is 0.286. The fourth-order valence-electron chi connectivity index (χ4n) is 2.02. The maximum atomic E-state index is 13.8. The summed E-state index contributed by atoms with van der Waals surface area (Å²) in [6.45, 7) is 1.15. The number of carbonyl (C=O) groups is 1. The minimum atomic E-state index is -3.23. The van der Waals surface area contributed by atoms with Gasteiger partial charge in [-0.3, -0.25) is 4.79 Å². The Morgan fingerprint density at radius 1 is 1.28 bits per heavy atom. The van der Waals surface area contributed by atoms with E-state index in [9.17, 15) is 26.7 Å². The Morgan fingerprint density at radius 2 is 1.92 bits per heavy atom. The van der Waals surface area contributed by atoms with Gasteiger partial charge in [0.15, 0.2) is 0 Å². The molecule has 0 fully saturated rings. The number of alkyl halides is 4. The van der Waals surface area contributed by atoms with Crippen molar-refractivity contribution in [1.29, 1.82) is 0 Å². The number of nitrogens with one attached hydrogen (secondary N) is 1. The summed E-state index contributed by atoms with van der Waals surface area (Å²) in [5.74, 6) is -1.70. The quantitative estimate of drug-likeness (QED) is 0.616. The summed E-state index contributed by atoms with van der Waals surface area (Å²) in [4.78, 5) is 12.2. The number of halogens is 7. The molecule has 0 aliphatic carbocycles. The van der Waals surface area contributed by atoms with Gasteiger partial charge in [-0.15, -0.1) is 0 Å². The molecule has 4 nitrogen and oxygen atoms in total. The van der Waals surface area contributed by atoms with E-state index < -0.39 is 47.0 Å². The standard InChI is InChI=1S/C14H10BrClF5N3O/c1-5(14(25)22-8-3-2-6(15)4-7(8)17)24-11(13(20)21)9(16)10(23-24)12(18)19/h2-5,12-13H,1H3,(H,22,25). The van der Waals surface area contributed by atoms with Gasteiger partial charge in [0.2, 0.25) is 5.91 Å². The van der Waals surface area contributed by atoms with Crippen molar-refractivity contribution in [1.82, 2.24) is 9.78 Å². The first kappa shape index (κ1) is 19.6. The molecule has 1 N–H and O–H groups in total. The second kappa shape index (κ2) is 7.69. The average molecular weight is 447 g/mol. The Bertz CT molecular complexity index is 799. The summed E-state index contributed by atoms with van der Waals surface area (Å²) >= 11 is 8.57. The molecule has 0 saturated heterocycles. The smallest absolute Gasteiger partial charge is 0.283 e. The van der Waals surface area contributed by atoms with E-state index in [-0.39, 0.29) is 5.69 Å². The van der Waals surface area contributed by atoms with Crippen molar-refractivity contribution in [3.8, 4) is 0 Å². The van der Waals surface area contributed by atoms with Crippen molar-refractivity contribution in [3.05, 3.63) is 44.9 Å². The molecular weight excluding hydrogens is 437 g/mol. The molecule has 1 unspecified atom stereocenters. The van der Waals surface area contributed by atoms with Crippen LogP contribution >= 0.6 is 27.5 Å². The van der Waals surface area contributed by atoms with E-state index in [0.717, 1.165) is 13.0 Å². The van der Waals surface area contributed by atoms with Gasteiger partial charge in [-0.25, -0.2) is 26.6 Å². The van der Waals surface area contributed by atoms with Gasteiger partial charge in [-0.05, 0) is 25.1 Å². The normalized spacial score (nSPS) is 12.7. The minimum Gasteiger partial charge on any atom is -0.322 e. The van der Waals surface area contributed by atoms with E-state index in [0.29, 0.717) is 9.15 Å². The molecule has 1 heterocycles. The van der Waals surface area contributed by atoms with Crippen molar-refractivity contribution in [2.75, 3.05) is 5.32 Å². The number of nitrogens with zero attached hydrogens (tertiary/aromatic N) is 2. The second-order valence-corrected chi connectivity index (χ2v) is 6.21. The lowest BCUT2D eigenvalue weighted by Gasteiger charge is -2.16. The van der Waals surface area contributed by atoms with Crippen LogP contribution in [0.2, 0.25) is 5.02 Å². The molecule has 0 saturated carbocycles. The Labute approximate surface area is 152 Å². The number of aromatic nitrogens is 2. The van der Waals surface area contributed by atoms with Gasteiger partial charge in [0.1, 0.15) is 23.2 Å². The third kappa shape index (κ3) is 4.12. The van der Waals surface area contributed by atoms with E-state index in [1.807, 2.05) is 0 Å². The van der Waals surface area contributed by atoms with Crippen LogP contribution in [0.3, 0.4) is 0 Å². The lowest BCUT2D eigenvalue weighted by molar-refractivity contribution is -0.119. The zero-order chi connectivity index (χ0) is 18.9. The first-order chi connectivity index (χ1) is 11.6. The molecule has 0 aliphatic heterocycles. The number of anilines is 1. The number of hydrogen-bond donors (Lipinski definition) is 1. The van der Waals surface area contributed by atoms with Gasteiger partial charge in [0, 0.05) is 4.47 Å². The number of amides is 1. The van der Waals surface area contributed by atoms with Crippen molar-refractivity contribution in [2.45, 2.75) is 25.8 Å². The summed E-state index contributed by atoms with van der Waals surface area (Å²) in [7, 11) is 0. The first-order valence-electron chi connectivity index (χ1n) is 6.73. The summed E-state index contributed by atoms with van der Waals surface area (Å²) in [5, 5.41) is 4.61. The zero-order valence-electron chi connectivity index (χ0n) is 12.4. The van der Waals surface area contributed by atoms with Crippen LogP contribution in [0.4, 0.5) is 27.6 Å². The lowest BCUT2D eigenvalue weighted by atomic mass is 10.2. The van der Waals surface area contributed by atoms with Gasteiger partial charge in [-0.1, -0.05) is 27.5 Å². The molecule has 1 amide bonds. The van der Waals surface area contributed by atoms with Gasteiger partial charge < -0.3 is 5.32 Å². The predicted molar refractivity (Wildman–Crippen MR) is 84.6 cm³/mol. The first-order valence-corrected chi connectivity index (χ1v) is 7.90. The van der Waals surface area contributed by atoms with E-state index >= 15 is 0 Å². The molecule has 11 heteroatoms. The van der Waals surface area contributed by atoms with Crippen LogP contribution in [-0.4, -0.2) is 15.7 Å². The van der Waals surface area contributed by atoms with Crippen molar-refractivity contribution in [3.63, 3.8) is 0 Å². The highest BCUT2D eigenvalue weighted by Gasteiger charge is 2.32. The van der Waals surface area contributed by atoms with Crippen LogP contribution in [-0.2, 0) is 4.79 Å². The molecule has 0 aliphatic rings. The maximum absolute atomic E-state index is 13.8. The molecular formula is C14H10BrClF5N3O. The van der Waals surface area contributed by atoms with Gasteiger partial charge in [-0.2, -0.15) is 5.10 Å². The highest BCUT2D eigenvalue weighted by atomic mass is 79.9. The monoisotopic (exact) mass is 445 g/mol. The van der Waals surface area contributed by atoms with Crippen LogP contribution in [0.25, 0.3) is 0 Å². The zero-order valence-corrected chi connectivity index (χ0v) is 14.8. The van der Waals surface area contributed by atoms with Crippen LogP contribution in [0.5, 0.6) is 0 Å². The lowest BCUT2D eigenvalue weighted by Crippen LogP contribution is -2.26. The second-order valence-electron chi connectivity index (χ2n) is 4.92. The van der Waals surface area contributed by atoms with Crippen molar-refractivity contribution >= 4 is 39.1 Å². The van der Waals surface area contributed by atoms with E-state index in [1.165, 1.54) is 12.1 Å². The molecule has 25 heavy (non-hydrogen) atoms. The summed E-state index contributed by atoms with van der Waals surface area (Å²) < 4.78 is 66.5. The summed E-state index contributed by atoms with van der Waals surface area (Å²) in [6, 6.07) is 2.36. The predicted octanol–water partition coefficient (Wildman–Crippen LogP) is 5.51. The molecule has 2 rings (SSSR count). The van der Waals surface area contributed by atoms with Gasteiger partial charge in [0.05, 0.1) is 10.7 Å². The molecule has 0 spiro atoms. The van der Waals surface area contributed by atoms with Gasteiger partial charge >= 0.3 is 0 Å². The Morgan fingerprint density at radius 3 is 2.44 bits per heavy atom. The largest absolute Gasteiger partial charge is 0.322 e. The van der Waals surface area contributed by atoms with Crippen molar-refractivity contribution in [2.24, 2.45) is 0 Å². The third-order valence-electron chi connectivity index (χ3n) is 3.26. The summed E-state index contributed by atoms with van der Waals surface area (Å²) in [6.07, 6.45) is -6.42. The highest BCUT2D eigenvalue weighted by molar-refractivity contribution is 9.10. The molecule has 2 aromatic rings. The van der Waals surface area contributed by atoms with E-state index in [4.69, 9.17) is 11.6 Å². The molecule has 136 valence electrons. The molecule has 0 bridgehead atoms. The number of rotatable bonds is 5. The molecule has 1 atom stereocenters. The SMILES string of the molecule is CC(C(=O)Nc1ccc(Br)cc1F)n1nc(C(F)F)c(Cl)c1C(F)F. The number of benzene rings is 1. The minimum absolute atomic E-state index is 0.203. The summed E-state index contributed by atoms with van der Waals surface area (Å²) in [5.41, 5.74) is -2.26. The third-order valence-corrected chi connectivity index (χ3v) is 4.14. The molecule has 1 aromatic carbocycles. The Balaban J connectivity index is 2.34. The Kier molecular flexibility index (Phi) is 6.04. The number of carbonyl (C=O) groups excluding carboxylic acids is 1. The van der Waals surface area contributed by atoms with Gasteiger partial charge in [0.25, 0.3) is 12.9 Å². The van der Waals surface area contributed by atoms with Crippen LogP contribution in [0.1, 0.15) is 37.2 Å². The molecule has 0 radical (unpaired) electrons. The average Bonchev–Trinajstić information content (AvgIpc) is 2.86. The Hall–Kier alpha value is -1.68. The molecule has 1 aromatic heterocycles. The van der Waals surface area contributed by atoms with Crippen LogP contribution in [0, 0.1) is 5.82 Å².